The Labute approximate surface area is 127 Å². The van der Waals surface area contributed by atoms with Gasteiger partial charge in [-0.25, -0.2) is 8.42 Å². The average molecular weight is 324 g/mol. The maximum absolute atomic E-state index is 12.2. The number of carbonyl (C=O) groups is 1. The molecule has 0 spiro atoms. The Hall–Kier alpha value is -1.70. The quantitative estimate of drug-likeness (QED) is 0.882. The van der Waals surface area contributed by atoms with Gasteiger partial charge in [-0.15, -0.1) is 11.3 Å². The molecule has 1 aromatic carbocycles. The predicted octanol–water partition coefficient (Wildman–Crippen LogP) is 2.18. The molecule has 2 aromatic rings. The van der Waals surface area contributed by atoms with E-state index in [-0.39, 0.29) is 16.3 Å². The highest BCUT2D eigenvalue weighted by atomic mass is 32.2. The number of hydrogen-bond acceptors (Lipinski definition) is 5. The zero-order valence-corrected chi connectivity index (χ0v) is 13.1. The second-order valence-electron chi connectivity index (χ2n) is 4.38. The number of nitrogens with two attached hydrogens (primary N) is 1. The number of benzene rings is 1. The van der Waals surface area contributed by atoms with Crippen LogP contribution in [0.25, 0.3) is 0 Å². The van der Waals surface area contributed by atoms with Gasteiger partial charge in [-0.2, -0.15) is 0 Å². The topological polar surface area (TPSA) is 89.3 Å². The average Bonchev–Trinajstić information content (AvgIpc) is 3.01. The van der Waals surface area contributed by atoms with Crippen LogP contribution in [0.15, 0.2) is 46.7 Å². The van der Waals surface area contributed by atoms with E-state index in [0.717, 1.165) is 4.88 Å². The summed E-state index contributed by atoms with van der Waals surface area (Å²) >= 11 is 1.38. The summed E-state index contributed by atoms with van der Waals surface area (Å²) in [5.41, 5.74) is 6.13. The van der Waals surface area contributed by atoms with Crippen LogP contribution in [0.5, 0.6) is 0 Å². The zero-order chi connectivity index (χ0) is 15.5. The van der Waals surface area contributed by atoms with E-state index < -0.39 is 21.8 Å². The smallest absolute Gasteiger partial charge is 0.246 e. The van der Waals surface area contributed by atoms with E-state index in [1.807, 2.05) is 11.4 Å². The third-order valence-electron chi connectivity index (χ3n) is 2.99. The molecule has 1 amide bonds. The van der Waals surface area contributed by atoms with Gasteiger partial charge in [-0.1, -0.05) is 25.1 Å². The van der Waals surface area contributed by atoms with Crippen LogP contribution in [0.3, 0.4) is 0 Å². The molecule has 21 heavy (non-hydrogen) atoms. The molecule has 0 saturated heterocycles. The third kappa shape index (κ3) is 3.49. The van der Waals surface area contributed by atoms with E-state index in [9.17, 15) is 13.2 Å². The summed E-state index contributed by atoms with van der Waals surface area (Å²) in [7, 11) is -3.41. The normalized spacial score (nSPS) is 12.9. The van der Waals surface area contributed by atoms with E-state index in [4.69, 9.17) is 5.73 Å². The number of nitrogens with one attached hydrogen (secondary N) is 1. The lowest BCUT2D eigenvalue weighted by Crippen LogP contribution is -2.27. The fraction of sp³-hybridized carbons (Fsp3) is 0.214. The SMILES string of the molecule is CCS(=O)(=O)c1ccccc1NC(=O)C(N)c1cccs1. The monoisotopic (exact) mass is 324 g/mol. The second-order valence-corrected chi connectivity index (χ2v) is 7.61. The molecule has 0 aliphatic carbocycles. The Balaban J connectivity index is 2.26. The van der Waals surface area contributed by atoms with Crippen molar-refractivity contribution in [2.24, 2.45) is 5.73 Å². The molecule has 112 valence electrons. The molecule has 1 atom stereocenters. The van der Waals surface area contributed by atoms with Crippen LogP contribution in [0, 0.1) is 0 Å². The van der Waals surface area contributed by atoms with Crippen molar-refractivity contribution in [2.45, 2.75) is 17.9 Å². The van der Waals surface area contributed by atoms with Gasteiger partial charge >= 0.3 is 0 Å². The first-order chi connectivity index (χ1) is 9.95. The molecule has 0 aliphatic heterocycles. The Bertz CT molecular complexity index is 724. The molecule has 0 aliphatic rings. The van der Waals surface area contributed by atoms with Gasteiger partial charge in [0.2, 0.25) is 5.91 Å². The van der Waals surface area contributed by atoms with E-state index in [1.54, 1.807) is 31.2 Å². The number of para-hydroxylation sites is 1. The minimum atomic E-state index is -3.41. The number of amides is 1. The predicted molar refractivity (Wildman–Crippen MR) is 84.0 cm³/mol. The van der Waals surface area contributed by atoms with E-state index in [1.165, 1.54) is 17.4 Å². The summed E-state index contributed by atoms with van der Waals surface area (Å²) in [6, 6.07) is 9.08. The van der Waals surface area contributed by atoms with Gasteiger partial charge in [0.05, 0.1) is 16.3 Å². The lowest BCUT2D eigenvalue weighted by Gasteiger charge is -2.13. The number of anilines is 1. The van der Waals surface area contributed by atoms with Crippen LogP contribution >= 0.6 is 11.3 Å². The number of rotatable bonds is 5. The molecule has 7 heteroatoms. The first kappa shape index (κ1) is 15.7. The number of sulfone groups is 1. The van der Waals surface area contributed by atoms with Crippen molar-refractivity contribution in [3.8, 4) is 0 Å². The molecule has 1 unspecified atom stereocenters. The molecule has 1 aromatic heterocycles. The van der Waals surface area contributed by atoms with Crippen LogP contribution in [-0.4, -0.2) is 20.1 Å². The number of thiophene rings is 1. The fourth-order valence-electron chi connectivity index (χ4n) is 1.80. The standard InChI is InChI=1S/C14H16N2O3S2/c1-2-21(18,19)12-8-4-3-6-10(12)16-14(17)13(15)11-7-5-9-20-11/h3-9,13H,2,15H2,1H3,(H,16,17). The maximum Gasteiger partial charge on any atom is 0.246 e. The molecule has 0 radical (unpaired) electrons. The van der Waals surface area contributed by atoms with Gasteiger partial charge in [0, 0.05) is 4.88 Å². The van der Waals surface area contributed by atoms with Crippen molar-refractivity contribution in [1.29, 1.82) is 0 Å². The Morgan fingerprint density at radius 2 is 2.00 bits per heavy atom. The molecular weight excluding hydrogens is 308 g/mol. The minimum absolute atomic E-state index is 0.0309. The first-order valence-corrected chi connectivity index (χ1v) is 8.90. The van der Waals surface area contributed by atoms with Gasteiger partial charge in [0.25, 0.3) is 0 Å². The second kappa shape index (κ2) is 6.38. The van der Waals surface area contributed by atoms with Crippen molar-refractivity contribution in [3.63, 3.8) is 0 Å². The number of carbonyl (C=O) groups excluding carboxylic acids is 1. The van der Waals surface area contributed by atoms with Gasteiger partial charge in [-0.3, -0.25) is 4.79 Å². The van der Waals surface area contributed by atoms with Crippen LogP contribution < -0.4 is 11.1 Å². The maximum atomic E-state index is 12.2. The largest absolute Gasteiger partial charge is 0.323 e. The van der Waals surface area contributed by atoms with E-state index in [2.05, 4.69) is 5.32 Å². The zero-order valence-electron chi connectivity index (χ0n) is 11.4. The molecule has 5 nitrogen and oxygen atoms in total. The van der Waals surface area contributed by atoms with Gasteiger partial charge in [0.15, 0.2) is 9.84 Å². The van der Waals surface area contributed by atoms with Crippen LogP contribution in [0.4, 0.5) is 5.69 Å². The van der Waals surface area contributed by atoms with Crippen molar-refractivity contribution >= 4 is 32.8 Å². The van der Waals surface area contributed by atoms with Crippen molar-refractivity contribution in [3.05, 3.63) is 46.7 Å². The third-order valence-corrected chi connectivity index (χ3v) is 5.73. The summed E-state index contributed by atoms with van der Waals surface area (Å²) in [5, 5.41) is 4.43. The molecule has 3 N–H and O–H groups in total. The lowest BCUT2D eigenvalue weighted by atomic mass is 10.2. The first-order valence-electron chi connectivity index (χ1n) is 6.37. The summed E-state index contributed by atoms with van der Waals surface area (Å²) in [5.74, 6) is -0.465. The van der Waals surface area contributed by atoms with Gasteiger partial charge < -0.3 is 11.1 Å². The van der Waals surface area contributed by atoms with Crippen molar-refractivity contribution in [1.82, 2.24) is 0 Å². The molecule has 0 fully saturated rings. The van der Waals surface area contributed by atoms with E-state index in [0.29, 0.717) is 0 Å². The summed E-state index contributed by atoms with van der Waals surface area (Å²) in [6.07, 6.45) is 0. The lowest BCUT2D eigenvalue weighted by molar-refractivity contribution is -0.117. The van der Waals surface area contributed by atoms with Gasteiger partial charge in [-0.05, 0) is 23.6 Å². The Kier molecular flexibility index (Phi) is 4.76. The highest BCUT2D eigenvalue weighted by Gasteiger charge is 2.21. The van der Waals surface area contributed by atoms with Crippen LogP contribution in [-0.2, 0) is 14.6 Å². The summed E-state index contributed by atoms with van der Waals surface area (Å²) in [4.78, 5) is 13.0. The summed E-state index contributed by atoms with van der Waals surface area (Å²) in [6.45, 7) is 1.56. The molecule has 0 bridgehead atoms. The summed E-state index contributed by atoms with van der Waals surface area (Å²) < 4.78 is 24.0. The highest BCUT2D eigenvalue weighted by molar-refractivity contribution is 7.91. The van der Waals surface area contributed by atoms with E-state index >= 15 is 0 Å². The van der Waals surface area contributed by atoms with Crippen LogP contribution in [0.1, 0.15) is 17.8 Å². The molecule has 0 saturated carbocycles. The van der Waals surface area contributed by atoms with Crippen molar-refractivity contribution in [2.75, 3.05) is 11.1 Å². The Morgan fingerprint density at radius 1 is 1.29 bits per heavy atom. The van der Waals surface area contributed by atoms with Crippen LogP contribution in [0.2, 0.25) is 0 Å². The highest BCUT2D eigenvalue weighted by Crippen LogP contribution is 2.24. The fourth-order valence-corrected chi connectivity index (χ4v) is 3.58. The number of hydrogen-bond donors (Lipinski definition) is 2. The molecule has 1 heterocycles. The van der Waals surface area contributed by atoms with Crippen molar-refractivity contribution < 1.29 is 13.2 Å². The minimum Gasteiger partial charge on any atom is -0.323 e. The molecule has 2 rings (SSSR count). The molecular formula is C14H16N2O3S2. The Morgan fingerprint density at radius 3 is 2.62 bits per heavy atom. The van der Waals surface area contributed by atoms with Gasteiger partial charge in [0.1, 0.15) is 6.04 Å².